The number of ether oxygens (including phenoxy) is 2. The van der Waals surface area contributed by atoms with Crippen molar-refractivity contribution < 1.29 is 9.47 Å². The molecule has 2 N–H and O–H groups in total. The van der Waals surface area contributed by atoms with Gasteiger partial charge in [-0.15, -0.1) is 28.3 Å². The van der Waals surface area contributed by atoms with E-state index in [0.717, 1.165) is 40.9 Å². The molecule has 152 valence electrons. The second-order valence-corrected chi connectivity index (χ2v) is 7.45. The van der Waals surface area contributed by atoms with Gasteiger partial charge >= 0.3 is 0 Å². The molecule has 0 radical (unpaired) electrons. The highest BCUT2D eigenvalue weighted by molar-refractivity contribution is 8.93. The average molecular weight is 474 g/mol. The van der Waals surface area contributed by atoms with Crippen LogP contribution in [0, 0.1) is 6.92 Å². The molecular weight excluding hydrogens is 450 g/mol. The van der Waals surface area contributed by atoms with Gasteiger partial charge in [0.15, 0.2) is 5.13 Å². The van der Waals surface area contributed by atoms with Crippen molar-refractivity contribution in [2.75, 3.05) is 26.1 Å². The second kappa shape index (κ2) is 9.33. The molecule has 0 aliphatic heterocycles. The molecule has 0 amide bonds. The number of hydrogen-bond donors (Lipinski definition) is 2. The van der Waals surface area contributed by atoms with Crippen LogP contribution in [0.3, 0.4) is 0 Å². The number of hydrogen-bond acceptors (Lipinski definition) is 5. The lowest BCUT2D eigenvalue weighted by Gasteiger charge is -2.08. The van der Waals surface area contributed by atoms with Gasteiger partial charge in [-0.05, 0) is 36.6 Å². The van der Waals surface area contributed by atoms with Crippen molar-refractivity contribution in [2.45, 2.75) is 13.3 Å². The van der Waals surface area contributed by atoms with Gasteiger partial charge in [0, 0.05) is 40.7 Å². The van der Waals surface area contributed by atoms with Gasteiger partial charge < -0.3 is 19.8 Å². The highest BCUT2D eigenvalue weighted by Crippen LogP contribution is 2.34. The van der Waals surface area contributed by atoms with Gasteiger partial charge in [-0.3, -0.25) is 0 Å². The number of rotatable bonds is 7. The third-order valence-electron chi connectivity index (χ3n) is 4.87. The lowest BCUT2D eigenvalue weighted by atomic mass is 10.1. The van der Waals surface area contributed by atoms with Crippen LogP contribution in [-0.4, -0.2) is 30.7 Å². The number of thiazole rings is 1. The number of anilines is 1. The van der Waals surface area contributed by atoms with Gasteiger partial charge in [-0.2, -0.15) is 0 Å². The third kappa shape index (κ3) is 4.41. The first kappa shape index (κ1) is 21.2. The van der Waals surface area contributed by atoms with Crippen molar-refractivity contribution >= 4 is 44.4 Å². The summed E-state index contributed by atoms with van der Waals surface area (Å²) < 4.78 is 10.8. The van der Waals surface area contributed by atoms with Crippen LogP contribution in [0.1, 0.15) is 11.1 Å². The van der Waals surface area contributed by atoms with E-state index >= 15 is 0 Å². The van der Waals surface area contributed by atoms with Gasteiger partial charge in [0.25, 0.3) is 0 Å². The number of fused-ring (bicyclic) bond motifs is 1. The van der Waals surface area contributed by atoms with E-state index in [2.05, 4.69) is 41.6 Å². The molecule has 0 saturated heterocycles. The van der Waals surface area contributed by atoms with Crippen LogP contribution in [-0.2, 0) is 6.42 Å². The Balaban J connectivity index is 0.00000240. The number of nitrogens with zero attached hydrogens (tertiary/aromatic N) is 1. The van der Waals surface area contributed by atoms with Crippen LogP contribution in [0.5, 0.6) is 11.5 Å². The lowest BCUT2D eigenvalue weighted by Crippen LogP contribution is -2.04. The number of aromatic nitrogens is 2. The Morgan fingerprint density at radius 3 is 2.79 bits per heavy atom. The summed E-state index contributed by atoms with van der Waals surface area (Å²) in [5.74, 6) is 1.52. The number of benzene rings is 2. The first-order chi connectivity index (χ1) is 13.7. The van der Waals surface area contributed by atoms with E-state index in [9.17, 15) is 0 Å². The monoisotopic (exact) mass is 473 g/mol. The molecule has 2 aromatic carbocycles. The molecule has 0 saturated carbocycles. The summed E-state index contributed by atoms with van der Waals surface area (Å²) in [4.78, 5) is 8.11. The quantitative estimate of drug-likeness (QED) is 0.353. The van der Waals surface area contributed by atoms with Crippen LogP contribution in [0.4, 0.5) is 5.13 Å². The zero-order valence-corrected chi connectivity index (χ0v) is 19.1. The molecule has 2 heterocycles. The molecule has 5 nitrogen and oxygen atoms in total. The molecule has 0 fully saturated rings. The zero-order chi connectivity index (χ0) is 19.5. The Labute approximate surface area is 184 Å². The molecule has 0 spiro atoms. The van der Waals surface area contributed by atoms with Gasteiger partial charge in [-0.1, -0.05) is 18.2 Å². The highest BCUT2D eigenvalue weighted by atomic mass is 79.9. The summed E-state index contributed by atoms with van der Waals surface area (Å²) >= 11 is 1.60. The Morgan fingerprint density at radius 2 is 2.00 bits per heavy atom. The van der Waals surface area contributed by atoms with Gasteiger partial charge in [0.2, 0.25) is 0 Å². The first-order valence-corrected chi connectivity index (χ1v) is 10.0. The van der Waals surface area contributed by atoms with E-state index in [4.69, 9.17) is 14.5 Å². The van der Waals surface area contributed by atoms with Crippen LogP contribution in [0.25, 0.3) is 22.2 Å². The van der Waals surface area contributed by atoms with Crippen LogP contribution >= 0.6 is 28.3 Å². The molecule has 4 aromatic rings. The third-order valence-corrected chi connectivity index (χ3v) is 5.67. The number of H-pyrrole nitrogens is 1. The summed E-state index contributed by atoms with van der Waals surface area (Å²) in [6.07, 6.45) is 3.04. The Bertz CT molecular complexity index is 1110. The fraction of sp³-hybridized carbons (Fsp3) is 0.227. The molecule has 4 rings (SSSR count). The number of aryl methyl sites for hydroxylation is 1. The Morgan fingerprint density at radius 1 is 1.14 bits per heavy atom. The molecule has 7 heteroatoms. The largest absolute Gasteiger partial charge is 0.497 e. The topological polar surface area (TPSA) is 59.2 Å². The normalized spacial score (nSPS) is 10.6. The molecule has 0 bridgehead atoms. The van der Waals surface area contributed by atoms with E-state index in [1.54, 1.807) is 25.6 Å². The minimum atomic E-state index is 0. The first-order valence-electron chi connectivity index (χ1n) is 9.17. The van der Waals surface area contributed by atoms with Crippen molar-refractivity contribution in [3.8, 4) is 22.8 Å². The van der Waals surface area contributed by atoms with E-state index in [-0.39, 0.29) is 17.0 Å². The van der Waals surface area contributed by atoms with E-state index in [1.165, 1.54) is 22.0 Å². The Kier molecular flexibility index (Phi) is 6.82. The summed E-state index contributed by atoms with van der Waals surface area (Å²) in [7, 11) is 3.31. The number of nitrogens with one attached hydrogen (secondary N) is 2. The fourth-order valence-electron chi connectivity index (χ4n) is 3.36. The highest BCUT2D eigenvalue weighted by Gasteiger charge is 2.11. The van der Waals surface area contributed by atoms with Crippen molar-refractivity contribution in [1.82, 2.24) is 9.97 Å². The summed E-state index contributed by atoms with van der Waals surface area (Å²) in [6.45, 7) is 2.96. The molecule has 0 aliphatic rings. The maximum atomic E-state index is 5.49. The minimum Gasteiger partial charge on any atom is -0.497 e. The standard InChI is InChI=1S/C22H23N3O2S.BrH/c1-14-5-4-6-17-15(12-24-21(14)17)9-10-23-22-25-19(13-28-22)18-8-7-16(26-2)11-20(18)27-3;/h4-8,11-13,24H,9-10H2,1-3H3,(H,23,25);1H. The Hall–Kier alpha value is -2.51. The van der Waals surface area contributed by atoms with Crippen molar-refractivity contribution in [3.05, 3.63) is 59.1 Å². The van der Waals surface area contributed by atoms with Crippen molar-refractivity contribution in [2.24, 2.45) is 0 Å². The summed E-state index contributed by atoms with van der Waals surface area (Å²) in [5.41, 5.74) is 5.67. The fourth-order valence-corrected chi connectivity index (χ4v) is 4.10. The van der Waals surface area contributed by atoms with Crippen molar-refractivity contribution in [1.29, 1.82) is 0 Å². The van der Waals surface area contributed by atoms with Crippen LogP contribution in [0.15, 0.2) is 48.0 Å². The van der Waals surface area contributed by atoms with Crippen LogP contribution in [0.2, 0.25) is 0 Å². The van der Waals surface area contributed by atoms with Crippen LogP contribution < -0.4 is 14.8 Å². The maximum Gasteiger partial charge on any atom is 0.183 e. The number of aromatic amines is 1. The lowest BCUT2D eigenvalue weighted by molar-refractivity contribution is 0.395. The van der Waals surface area contributed by atoms with Gasteiger partial charge in [-0.25, -0.2) is 4.98 Å². The van der Waals surface area contributed by atoms with E-state index < -0.39 is 0 Å². The van der Waals surface area contributed by atoms with Gasteiger partial charge in [0.1, 0.15) is 11.5 Å². The summed E-state index contributed by atoms with van der Waals surface area (Å²) in [5, 5.41) is 7.69. The predicted molar refractivity (Wildman–Crippen MR) is 126 cm³/mol. The summed E-state index contributed by atoms with van der Waals surface area (Å²) in [6, 6.07) is 12.2. The second-order valence-electron chi connectivity index (χ2n) is 6.59. The van der Waals surface area contributed by atoms with E-state index in [0.29, 0.717) is 0 Å². The zero-order valence-electron chi connectivity index (χ0n) is 16.6. The minimum absolute atomic E-state index is 0. The number of para-hydroxylation sites is 1. The number of methoxy groups -OCH3 is 2. The van der Waals surface area contributed by atoms with Gasteiger partial charge in [0.05, 0.1) is 19.9 Å². The number of halogens is 1. The SMILES string of the molecule is Br.COc1ccc(-c2csc(NCCc3c[nH]c4c(C)cccc34)n2)c(OC)c1. The molecule has 2 aromatic heterocycles. The van der Waals surface area contributed by atoms with E-state index in [1.807, 2.05) is 23.6 Å². The predicted octanol–water partition coefficient (Wildman–Crippen LogP) is 5.85. The smallest absolute Gasteiger partial charge is 0.183 e. The molecule has 0 atom stereocenters. The molecule has 0 aliphatic carbocycles. The molecule has 29 heavy (non-hydrogen) atoms. The maximum absolute atomic E-state index is 5.49. The molecular formula is C22H24BrN3O2S. The molecule has 0 unspecified atom stereocenters. The van der Waals surface area contributed by atoms with Crippen molar-refractivity contribution in [3.63, 3.8) is 0 Å². The average Bonchev–Trinajstić information content (AvgIpc) is 3.36.